The Morgan fingerprint density at radius 1 is 1.42 bits per heavy atom. The van der Waals surface area contributed by atoms with Crippen molar-refractivity contribution in [1.82, 2.24) is 20.5 Å². The first-order chi connectivity index (χ1) is 9.29. The molecule has 0 aliphatic heterocycles. The number of benzene rings is 1. The van der Waals surface area contributed by atoms with Crippen molar-refractivity contribution in [2.75, 3.05) is 20.3 Å². The quantitative estimate of drug-likeness (QED) is 0.759. The molecule has 102 valence electrons. The Morgan fingerprint density at radius 3 is 3.05 bits per heavy atom. The Kier molecular flexibility index (Phi) is 5.38. The molecule has 1 aromatic heterocycles. The summed E-state index contributed by atoms with van der Waals surface area (Å²) in [6.07, 6.45) is 1.52. The Bertz CT molecular complexity index is 501. The Balaban J connectivity index is 2.04. The highest BCUT2D eigenvalue weighted by Gasteiger charge is 2.06. The van der Waals surface area contributed by atoms with E-state index >= 15 is 0 Å². The number of aromatic nitrogens is 3. The van der Waals surface area contributed by atoms with Gasteiger partial charge in [-0.2, -0.15) is 5.10 Å². The standard InChI is InChI=1S/C13H18N4OS/c1-10-3-4-12(19-13-15-9-16-17-13)11(7-10)8-14-5-6-18-2/h3-4,7,9,14H,5-6,8H2,1-2H3,(H,15,16,17). The second-order valence-electron chi connectivity index (χ2n) is 4.17. The largest absolute Gasteiger partial charge is 0.383 e. The lowest BCUT2D eigenvalue weighted by atomic mass is 10.1. The van der Waals surface area contributed by atoms with Gasteiger partial charge in [-0.1, -0.05) is 29.5 Å². The van der Waals surface area contributed by atoms with Crippen LogP contribution in [0, 0.1) is 6.92 Å². The van der Waals surface area contributed by atoms with Crippen LogP contribution >= 0.6 is 11.8 Å². The number of H-pyrrole nitrogens is 1. The third kappa shape index (κ3) is 4.34. The fraction of sp³-hybridized carbons (Fsp3) is 0.385. The average molecular weight is 278 g/mol. The Morgan fingerprint density at radius 2 is 2.32 bits per heavy atom. The van der Waals surface area contributed by atoms with Crippen LogP contribution < -0.4 is 5.32 Å². The molecular weight excluding hydrogens is 260 g/mol. The fourth-order valence-electron chi connectivity index (χ4n) is 1.69. The first-order valence-electron chi connectivity index (χ1n) is 6.12. The maximum atomic E-state index is 5.03. The van der Waals surface area contributed by atoms with Crippen molar-refractivity contribution in [3.63, 3.8) is 0 Å². The predicted molar refractivity (Wildman–Crippen MR) is 75.3 cm³/mol. The lowest BCUT2D eigenvalue weighted by Crippen LogP contribution is -2.19. The molecule has 0 fully saturated rings. The number of ether oxygens (including phenoxy) is 1. The minimum Gasteiger partial charge on any atom is -0.383 e. The van der Waals surface area contributed by atoms with Crippen LogP contribution in [0.4, 0.5) is 0 Å². The van der Waals surface area contributed by atoms with Gasteiger partial charge >= 0.3 is 0 Å². The molecule has 0 unspecified atom stereocenters. The second-order valence-corrected chi connectivity index (χ2v) is 5.20. The van der Waals surface area contributed by atoms with Crippen molar-refractivity contribution in [2.24, 2.45) is 0 Å². The van der Waals surface area contributed by atoms with Crippen LogP contribution in [-0.2, 0) is 11.3 Å². The Labute approximate surface area is 117 Å². The normalized spacial score (nSPS) is 10.8. The van der Waals surface area contributed by atoms with Gasteiger partial charge in [0.05, 0.1) is 6.61 Å². The molecule has 0 amide bonds. The molecule has 0 saturated heterocycles. The average Bonchev–Trinajstić information content (AvgIpc) is 2.90. The van der Waals surface area contributed by atoms with Crippen molar-refractivity contribution in [2.45, 2.75) is 23.5 Å². The van der Waals surface area contributed by atoms with Gasteiger partial charge in [0.1, 0.15) is 6.33 Å². The number of rotatable bonds is 7. The van der Waals surface area contributed by atoms with E-state index in [0.717, 1.165) is 24.9 Å². The van der Waals surface area contributed by atoms with E-state index in [1.54, 1.807) is 18.9 Å². The lowest BCUT2D eigenvalue weighted by molar-refractivity contribution is 0.199. The maximum absolute atomic E-state index is 5.03. The van der Waals surface area contributed by atoms with E-state index in [1.165, 1.54) is 22.3 Å². The zero-order valence-electron chi connectivity index (χ0n) is 11.1. The molecule has 1 aromatic carbocycles. The van der Waals surface area contributed by atoms with Crippen LogP contribution in [-0.4, -0.2) is 35.4 Å². The van der Waals surface area contributed by atoms with Crippen LogP contribution in [0.3, 0.4) is 0 Å². The van der Waals surface area contributed by atoms with Gasteiger partial charge in [0.2, 0.25) is 0 Å². The van der Waals surface area contributed by atoms with Crippen molar-refractivity contribution in [1.29, 1.82) is 0 Å². The molecule has 0 aliphatic carbocycles. The molecule has 2 N–H and O–H groups in total. The molecular formula is C13H18N4OS. The summed E-state index contributed by atoms with van der Waals surface area (Å²) >= 11 is 1.59. The van der Waals surface area contributed by atoms with Crippen LogP contribution in [0.25, 0.3) is 0 Å². The zero-order chi connectivity index (χ0) is 13.5. The molecule has 0 saturated carbocycles. The molecule has 6 heteroatoms. The number of hydrogen-bond acceptors (Lipinski definition) is 5. The number of aromatic amines is 1. The highest BCUT2D eigenvalue weighted by atomic mass is 32.2. The van der Waals surface area contributed by atoms with E-state index in [2.05, 4.69) is 45.6 Å². The van der Waals surface area contributed by atoms with Gasteiger partial charge in [0, 0.05) is 25.1 Å². The SMILES string of the molecule is COCCNCc1cc(C)ccc1Sc1ncn[nH]1. The van der Waals surface area contributed by atoms with E-state index < -0.39 is 0 Å². The highest BCUT2D eigenvalue weighted by molar-refractivity contribution is 7.99. The summed E-state index contributed by atoms with van der Waals surface area (Å²) in [5, 5.41) is 10.9. The number of nitrogens with zero attached hydrogens (tertiary/aromatic N) is 2. The topological polar surface area (TPSA) is 62.8 Å². The van der Waals surface area contributed by atoms with Gasteiger partial charge in [-0.15, -0.1) is 0 Å². The zero-order valence-corrected chi connectivity index (χ0v) is 12.0. The van der Waals surface area contributed by atoms with Crippen molar-refractivity contribution in [3.05, 3.63) is 35.7 Å². The third-order valence-corrected chi connectivity index (χ3v) is 3.62. The molecule has 1 heterocycles. The minimum absolute atomic E-state index is 0.719. The number of nitrogens with one attached hydrogen (secondary N) is 2. The van der Waals surface area contributed by atoms with Crippen LogP contribution in [0.2, 0.25) is 0 Å². The van der Waals surface area contributed by atoms with Crippen molar-refractivity contribution >= 4 is 11.8 Å². The number of hydrogen-bond donors (Lipinski definition) is 2. The van der Waals surface area contributed by atoms with E-state index in [9.17, 15) is 0 Å². The van der Waals surface area contributed by atoms with Gasteiger partial charge in [-0.3, -0.25) is 5.10 Å². The first kappa shape index (κ1) is 14.0. The van der Waals surface area contributed by atoms with Crippen LogP contribution in [0.5, 0.6) is 0 Å². The summed E-state index contributed by atoms with van der Waals surface area (Å²) in [5.41, 5.74) is 2.52. The van der Waals surface area contributed by atoms with E-state index in [0.29, 0.717) is 0 Å². The molecule has 0 atom stereocenters. The minimum atomic E-state index is 0.719. The van der Waals surface area contributed by atoms with E-state index in [1.807, 2.05) is 0 Å². The summed E-state index contributed by atoms with van der Waals surface area (Å²) in [5.74, 6) is 0. The highest BCUT2D eigenvalue weighted by Crippen LogP contribution is 2.28. The van der Waals surface area contributed by atoms with Gasteiger partial charge in [-0.25, -0.2) is 4.98 Å². The van der Waals surface area contributed by atoms with Crippen molar-refractivity contribution < 1.29 is 4.74 Å². The molecule has 0 spiro atoms. The molecule has 2 rings (SSSR count). The van der Waals surface area contributed by atoms with Gasteiger partial charge in [0.25, 0.3) is 0 Å². The van der Waals surface area contributed by atoms with Crippen LogP contribution in [0.15, 0.2) is 34.6 Å². The first-order valence-corrected chi connectivity index (χ1v) is 6.93. The summed E-state index contributed by atoms with van der Waals surface area (Å²) in [4.78, 5) is 5.33. The van der Waals surface area contributed by atoms with Crippen molar-refractivity contribution in [3.8, 4) is 0 Å². The Hall–Kier alpha value is -1.37. The molecule has 0 bridgehead atoms. The maximum Gasteiger partial charge on any atom is 0.188 e. The summed E-state index contributed by atoms with van der Waals surface area (Å²) < 4.78 is 5.03. The molecule has 19 heavy (non-hydrogen) atoms. The van der Waals surface area contributed by atoms with E-state index in [4.69, 9.17) is 4.74 Å². The summed E-state index contributed by atoms with van der Waals surface area (Å²) in [7, 11) is 1.71. The van der Waals surface area contributed by atoms with Gasteiger partial charge in [-0.05, 0) is 18.6 Å². The molecule has 0 aliphatic rings. The molecule has 0 radical (unpaired) electrons. The lowest BCUT2D eigenvalue weighted by Gasteiger charge is -2.10. The third-order valence-electron chi connectivity index (χ3n) is 2.61. The predicted octanol–water partition coefficient (Wildman–Crippen LogP) is 2.00. The fourth-order valence-corrected chi connectivity index (χ4v) is 2.50. The molecule has 5 nitrogen and oxygen atoms in total. The summed E-state index contributed by atoms with van der Waals surface area (Å²) in [6.45, 7) is 4.48. The monoisotopic (exact) mass is 278 g/mol. The van der Waals surface area contributed by atoms with Gasteiger partial charge in [0.15, 0.2) is 5.16 Å². The molecule has 2 aromatic rings. The smallest absolute Gasteiger partial charge is 0.188 e. The second kappa shape index (κ2) is 7.28. The van der Waals surface area contributed by atoms with Gasteiger partial charge < -0.3 is 10.1 Å². The number of methoxy groups -OCH3 is 1. The summed E-state index contributed by atoms with van der Waals surface area (Å²) in [6, 6.07) is 6.42. The van der Waals surface area contributed by atoms with E-state index in [-0.39, 0.29) is 0 Å². The van der Waals surface area contributed by atoms with Crippen LogP contribution in [0.1, 0.15) is 11.1 Å². The number of aryl methyl sites for hydroxylation is 1.